The van der Waals surface area contributed by atoms with Crippen molar-refractivity contribution in [3.05, 3.63) is 59.7 Å². The van der Waals surface area contributed by atoms with Crippen molar-refractivity contribution in [2.75, 3.05) is 13.2 Å². The van der Waals surface area contributed by atoms with E-state index in [1.807, 2.05) is 26.0 Å². The van der Waals surface area contributed by atoms with Crippen LogP contribution in [0.2, 0.25) is 0 Å². The van der Waals surface area contributed by atoms with Crippen LogP contribution in [0.3, 0.4) is 0 Å². The average molecular weight is 381 g/mol. The molecule has 7 heteroatoms. The lowest BCUT2D eigenvalue weighted by Crippen LogP contribution is -2.27. The Morgan fingerprint density at radius 3 is 2.37 bits per heavy atom. The van der Waals surface area contributed by atoms with Gasteiger partial charge in [-0.05, 0) is 35.7 Å². The van der Waals surface area contributed by atoms with Gasteiger partial charge in [0.25, 0.3) is 5.91 Å². The molecule has 1 N–H and O–H groups in total. The van der Waals surface area contributed by atoms with Crippen LogP contribution in [0.5, 0.6) is 11.5 Å². The summed E-state index contributed by atoms with van der Waals surface area (Å²) in [6.07, 6.45) is -4.18. The first-order valence-corrected chi connectivity index (χ1v) is 8.58. The van der Waals surface area contributed by atoms with Crippen molar-refractivity contribution in [1.29, 1.82) is 0 Å². The molecule has 0 aromatic heterocycles. The SMILES string of the molecule is CC(C)CNC(=O)c1ccc(CCOc2cccc(OC(F)(F)F)c2)cc1. The lowest BCUT2D eigenvalue weighted by atomic mass is 10.1. The third kappa shape index (κ3) is 7.60. The van der Waals surface area contributed by atoms with Crippen molar-refractivity contribution in [3.63, 3.8) is 0 Å². The van der Waals surface area contributed by atoms with Gasteiger partial charge in [-0.3, -0.25) is 4.79 Å². The number of rotatable bonds is 8. The first-order chi connectivity index (χ1) is 12.7. The highest BCUT2D eigenvalue weighted by Gasteiger charge is 2.31. The van der Waals surface area contributed by atoms with E-state index in [0.717, 1.165) is 5.56 Å². The van der Waals surface area contributed by atoms with Crippen LogP contribution in [0.25, 0.3) is 0 Å². The zero-order valence-electron chi connectivity index (χ0n) is 15.2. The fourth-order valence-corrected chi connectivity index (χ4v) is 2.27. The molecule has 0 heterocycles. The van der Waals surface area contributed by atoms with Gasteiger partial charge in [0.2, 0.25) is 0 Å². The number of carbonyl (C=O) groups is 1. The topological polar surface area (TPSA) is 47.6 Å². The van der Waals surface area contributed by atoms with Crippen molar-refractivity contribution in [2.24, 2.45) is 5.92 Å². The van der Waals surface area contributed by atoms with Gasteiger partial charge in [0.05, 0.1) is 6.61 Å². The predicted molar refractivity (Wildman–Crippen MR) is 95.9 cm³/mol. The highest BCUT2D eigenvalue weighted by Crippen LogP contribution is 2.26. The molecule has 4 nitrogen and oxygen atoms in total. The number of halogens is 3. The summed E-state index contributed by atoms with van der Waals surface area (Å²) in [5.41, 5.74) is 1.54. The van der Waals surface area contributed by atoms with Crippen LogP contribution in [0.1, 0.15) is 29.8 Å². The Hall–Kier alpha value is -2.70. The first kappa shape index (κ1) is 20.6. The molecule has 0 bridgehead atoms. The Kier molecular flexibility index (Phi) is 7.10. The zero-order valence-corrected chi connectivity index (χ0v) is 15.2. The molecule has 0 saturated heterocycles. The number of benzene rings is 2. The normalized spacial score (nSPS) is 11.3. The summed E-state index contributed by atoms with van der Waals surface area (Å²) in [6, 6.07) is 12.5. The second-order valence-corrected chi connectivity index (χ2v) is 6.42. The van der Waals surface area contributed by atoms with Crippen molar-refractivity contribution < 1.29 is 27.4 Å². The van der Waals surface area contributed by atoms with E-state index in [9.17, 15) is 18.0 Å². The maximum atomic E-state index is 12.2. The highest BCUT2D eigenvalue weighted by molar-refractivity contribution is 5.94. The molecule has 0 unspecified atom stereocenters. The Bertz CT molecular complexity index is 743. The monoisotopic (exact) mass is 381 g/mol. The summed E-state index contributed by atoms with van der Waals surface area (Å²) in [5, 5.41) is 2.85. The maximum Gasteiger partial charge on any atom is 0.573 e. The third-order valence-corrected chi connectivity index (χ3v) is 3.59. The third-order valence-electron chi connectivity index (χ3n) is 3.59. The lowest BCUT2D eigenvalue weighted by molar-refractivity contribution is -0.274. The summed E-state index contributed by atoms with van der Waals surface area (Å²) in [4.78, 5) is 12.0. The molecule has 0 aliphatic carbocycles. The minimum absolute atomic E-state index is 0.118. The van der Waals surface area contributed by atoms with Gasteiger partial charge in [-0.1, -0.05) is 32.0 Å². The van der Waals surface area contributed by atoms with Crippen molar-refractivity contribution in [3.8, 4) is 11.5 Å². The Morgan fingerprint density at radius 2 is 1.74 bits per heavy atom. The molecule has 0 saturated carbocycles. The van der Waals surface area contributed by atoms with E-state index >= 15 is 0 Å². The number of nitrogens with one attached hydrogen (secondary N) is 1. The van der Waals surface area contributed by atoms with Crippen LogP contribution >= 0.6 is 0 Å². The second-order valence-electron chi connectivity index (χ2n) is 6.42. The van der Waals surface area contributed by atoms with E-state index in [1.54, 1.807) is 18.2 Å². The van der Waals surface area contributed by atoms with Gasteiger partial charge in [0.1, 0.15) is 11.5 Å². The molecule has 27 heavy (non-hydrogen) atoms. The standard InChI is InChI=1S/C20H22F3NO3/c1-14(2)13-24-19(25)16-8-6-15(7-9-16)10-11-26-17-4-3-5-18(12-17)27-20(21,22)23/h3-9,12,14H,10-11,13H2,1-2H3,(H,24,25). The molecule has 2 aromatic rings. The van der Waals surface area contributed by atoms with Gasteiger partial charge in [0, 0.05) is 24.6 Å². The van der Waals surface area contributed by atoms with E-state index in [0.29, 0.717) is 30.2 Å². The largest absolute Gasteiger partial charge is 0.573 e. The quantitative estimate of drug-likeness (QED) is 0.727. The maximum absolute atomic E-state index is 12.2. The van der Waals surface area contributed by atoms with Crippen LogP contribution in [-0.4, -0.2) is 25.4 Å². The molecular weight excluding hydrogens is 359 g/mol. The minimum Gasteiger partial charge on any atom is -0.493 e. The van der Waals surface area contributed by atoms with E-state index in [1.165, 1.54) is 18.2 Å². The summed E-state index contributed by atoms with van der Waals surface area (Å²) in [7, 11) is 0. The first-order valence-electron chi connectivity index (χ1n) is 8.58. The Morgan fingerprint density at radius 1 is 1.07 bits per heavy atom. The zero-order chi connectivity index (χ0) is 19.9. The number of carbonyl (C=O) groups excluding carboxylic acids is 1. The van der Waals surface area contributed by atoms with Crippen LogP contribution in [0.4, 0.5) is 13.2 Å². The Labute approximate surface area is 156 Å². The number of alkyl halides is 3. The molecule has 0 fully saturated rings. The van der Waals surface area contributed by atoms with Gasteiger partial charge in [-0.25, -0.2) is 0 Å². The van der Waals surface area contributed by atoms with Crippen molar-refractivity contribution in [1.82, 2.24) is 5.32 Å². The summed E-state index contributed by atoms with van der Waals surface area (Å²) < 4.78 is 46.0. The molecule has 146 valence electrons. The number of hydrogen-bond acceptors (Lipinski definition) is 3. The van der Waals surface area contributed by atoms with Gasteiger partial charge in [-0.2, -0.15) is 0 Å². The molecule has 0 aliphatic heterocycles. The molecule has 2 aromatic carbocycles. The van der Waals surface area contributed by atoms with Crippen LogP contribution < -0.4 is 14.8 Å². The number of hydrogen-bond donors (Lipinski definition) is 1. The molecule has 2 rings (SSSR count). The smallest absolute Gasteiger partial charge is 0.493 e. The molecular formula is C20H22F3NO3. The van der Waals surface area contributed by atoms with E-state index in [2.05, 4.69) is 10.1 Å². The molecule has 0 atom stereocenters. The molecule has 0 radical (unpaired) electrons. The van der Waals surface area contributed by atoms with Gasteiger partial charge in [-0.15, -0.1) is 13.2 Å². The second kappa shape index (κ2) is 9.30. The van der Waals surface area contributed by atoms with Crippen LogP contribution in [0.15, 0.2) is 48.5 Å². The average Bonchev–Trinajstić information content (AvgIpc) is 2.59. The van der Waals surface area contributed by atoms with E-state index in [-0.39, 0.29) is 18.3 Å². The predicted octanol–water partition coefficient (Wildman–Crippen LogP) is 4.59. The molecule has 0 spiro atoms. The number of amides is 1. The summed E-state index contributed by atoms with van der Waals surface area (Å²) in [6.45, 7) is 4.95. The summed E-state index contributed by atoms with van der Waals surface area (Å²) >= 11 is 0. The minimum atomic E-state index is -4.73. The number of ether oxygens (including phenoxy) is 2. The molecule has 1 amide bonds. The fraction of sp³-hybridized carbons (Fsp3) is 0.350. The van der Waals surface area contributed by atoms with Crippen molar-refractivity contribution >= 4 is 5.91 Å². The van der Waals surface area contributed by atoms with E-state index < -0.39 is 6.36 Å². The van der Waals surface area contributed by atoms with Gasteiger partial charge < -0.3 is 14.8 Å². The highest BCUT2D eigenvalue weighted by atomic mass is 19.4. The molecule has 0 aliphatic rings. The van der Waals surface area contributed by atoms with Gasteiger partial charge in [0.15, 0.2) is 0 Å². The van der Waals surface area contributed by atoms with E-state index in [4.69, 9.17) is 4.74 Å². The van der Waals surface area contributed by atoms with Crippen LogP contribution in [0, 0.1) is 5.92 Å². The fourth-order valence-electron chi connectivity index (χ4n) is 2.27. The Balaban J connectivity index is 1.83. The summed E-state index contributed by atoms with van der Waals surface area (Å²) in [5.74, 6) is 0.233. The lowest BCUT2D eigenvalue weighted by Gasteiger charge is -2.11. The van der Waals surface area contributed by atoms with Crippen molar-refractivity contribution in [2.45, 2.75) is 26.6 Å². The van der Waals surface area contributed by atoms with Crippen LogP contribution in [-0.2, 0) is 6.42 Å². The van der Waals surface area contributed by atoms with Gasteiger partial charge >= 0.3 is 6.36 Å².